The lowest BCUT2D eigenvalue weighted by atomic mass is 10.0. The van der Waals surface area contributed by atoms with Crippen molar-refractivity contribution in [1.29, 1.82) is 0 Å². The number of carbonyl (C=O) groups is 2. The molecule has 0 spiro atoms. The average Bonchev–Trinajstić information content (AvgIpc) is 3.03. The first-order valence-corrected chi connectivity index (χ1v) is 13.2. The van der Waals surface area contributed by atoms with Crippen molar-refractivity contribution in [2.75, 3.05) is 33.3 Å². The van der Waals surface area contributed by atoms with Crippen molar-refractivity contribution in [2.45, 2.75) is 0 Å². The van der Waals surface area contributed by atoms with Crippen molar-refractivity contribution < 1.29 is 28.5 Å². The molecule has 42 heavy (non-hydrogen) atoms. The lowest BCUT2D eigenvalue weighted by Crippen LogP contribution is -2.21. The molecule has 1 heterocycles. The quantitative estimate of drug-likeness (QED) is 0.198. The van der Waals surface area contributed by atoms with Gasteiger partial charge in [-0.3, -0.25) is 4.79 Å². The molecule has 0 radical (unpaired) electrons. The number of hydrogen-bond donors (Lipinski definition) is 1. The molecule has 0 atom stereocenters. The third-order valence-corrected chi connectivity index (χ3v) is 6.63. The number of fused-ring (bicyclic) bond motifs is 1. The summed E-state index contributed by atoms with van der Waals surface area (Å²) < 4.78 is 21.1. The van der Waals surface area contributed by atoms with E-state index in [1.165, 1.54) is 7.11 Å². The van der Waals surface area contributed by atoms with Crippen LogP contribution < -0.4 is 19.5 Å². The fraction of sp³-hybridized carbons (Fsp3) is 0.125. The number of nitrogens with one attached hydrogen (secondary N) is 1. The molecule has 1 amide bonds. The fourth-order valence-corrected chi connectivity index (χ4v) is 4.43. The zero-order valence-electron chi connectivity index (χ0n) is 23.0. The molecule has 5 rings (SSSR count). The Balaban J connectivity index is 1.42. The van der Waals surface area contributed by atoms with Crippen LogP contribution >= 0.6 is 11.6 Å². The monoisotopic (exact) mass is 583 g/mol. The van der Waals surface area contributed by atoms with E-state index in [9.17, 15) is 9.59 Å². The second-order valence-corrected chi connectivity index (χ2v) is 9.49. The van der Waals surface area contributed by atoms with E-state index >= 15 is 0 Å². The number of anilines is 1. The number of aromatic nitrogens is 2. The van der Waals surface area contributed by atoms with E-state index in [1.807, 2.05) is 48.5 Å². The lowest BCUT2D eigenvalue weighted by Gasteiger charge is -2.13. The third-order valence-electron chi connectivity index (χ3n) is 6.40. The summed E-state index contributed by atoms with van der Waals surface area (Å²) in [5.41, 5.74) is 4.61. The first kappa shape index (κ1) is 28.4. The van der Waals surface area contributed by atoms with Crippen LogP contribution in [0.2, 0.25) is 5.02 Å². The van der Waals surface area contributed by atoms with Gasteiger partial charge in [-0.2, -0.15) is 0 Å². The molecule has 10 heteroatoms. The molecular formula is C32H26ClN3O6. The molecule has 1 N–H and O–H groups in total. The lowest BCUT2D eigenvalue weighted by molar-refractivity contribution is -0.119. The normalized spacial score (nSPS) is 10.7. The second kappa shape index (κ2) is 12.6. The zero-order valence-corrected chi connectivity index (χ0v) is 23.8. The number of hydrogen-bond acceptors (Lipinski definition) is 8. The van der Waals surface area contributed by atoms with E-state index in [0.717, 1.165) is 16.9 Å². The zero-order chi connectivity index (χ0) is 29.6. The van der Waals surface area contributed by atoms with Crippen molar-refractivity contribution in [3.05, 3.63) is 95.5 Å². The van der Waals surface area contributed by atoms with E-state index in [1.54, 1.807) is 50.6 Å². The van der Waals surface area contributed by atoms with Gasteiger partial charge in [0, 0.05) is 16.1 Å². The molecule has 0 aliphatic carbocycles. The number of nitrogens with zero attached hydrogens (tertiary/aromatic N) is 2. The fourth-order valence-electron chi connectivity index (χ4n) is 4.26. The predicted molar refractivity (Wildman–Crippen MR) is 160 cm³/mol. The van der Waals surface area contributed by atoms with Crippen LogP contribution in [0.25, 0.3) is 33.5 Å². The van der Waals surface area contributed by atoms with Gasteiger partial charge in [0.25, 0.3) is 5.91 Å². The van der Waals surface area contributed by atoms with Crippen LogP contribution in [0.3, 0.4) is 0 Å². The van der Waals surface area contributed by atoms with E-state index in [2.05, 4.69) is 5.32 Å². The molecule has 9 nitrogen and oxygen atoms in total. The topological polar surface area (TPSA) is 109 Å². The highest BCUT2D eigenvalue weighted by molar-refractivity contribution is 6.31. The smallest absolute Gasteiger partial charge is 0.338 e. The summed E-state index contributed by atoms with van der Waals surface area (Å²) in [4.78, 5) is 35.1. The molecule has 0 aliphatic rings. The number of ether oxygens (including phenoxy) is 4. The Morgan fingerprint density at radius 1 is 0.714 bits per heavy atom. The Morgan fingerprint density at radius 3 is 1.88 bits per heavy atom. The van der Waals surface area contributed by atoms with Crippen molar-refractivity contribution in [1.82, 2.24) is 9.97 Å². The summed E-state index contributed by atoms with van der Waals surface area (Å²) in [5.74, 6) is 0.629. The molecule has 4 aromatic carbocycles. The average molecular weight is 584 g/mol. The Labute approximate surface area is 247 Å². The van der Waals surface area contributed by atoms with Crippen LogP contribution in [0.1, 0.15) is 10.4 Å². The van der Waals surface area contributed by atoms with Gasteiger partial charge in [-0.25, -0.2) is 14.8 Å². The van der Waals surface area contributed by atoms with Crippen molar-refractivity contribution in [3.8, 4) is 39.8 Å². The molecule has 0 unspecified atom stereocenters. The van der Waals surface area contributed by atoms with Crippen LogP contribution in [0.4, 0.5) is 5.69 Å². The Bertz CT molecular complexity index is 1760. The van der Waals surface area contributed by atoms with Gasteiger partial charge in [-0.05, 0) is 84.9 Å². The van der Waals surface area contributed by atoms with E-state index in [0.29, 0.717) is 44.6 Å². The van der Waals surface area contributed by atoms with Crippen LogP contribution in [-0.4, -0.2) is 49.8 Å². The number of rotatable bonds is 9. The third kappa shape index (κ3) is 6.26. The highest BCUT2D eigenvalue weighted by Gasteiger charge is 2.17. The Hall–Kier alpha value is -5.15. The van der Waals surface area contributed by atoms with Crippen LogP contribution in [-0.2, 0) is 9.53 Å². The summed E-state index contributed by atoms with van der Waals surface area (Å²) in [6.07, 6.45) is 0. The summed E-state index contributed by atoms with van der Waals surface area (Å²) in [5, 5.41) is 3.06. The maximum atomic E-state index is 12.9. The van der Waals surface area contributed by atoms with Gasteiger partial charge in [0.1, 0.15) is 17.2 Å². The standard InChI is InChI=1S/C32H26ClN3O6/c1-39-23-10-4-19(5-11-23)30-31(20-6-12-24(40-2)13-7-20)36-26-16-21(8-14-25(26)35-30)32(38)42-18-29(37)34-27-17-22(33)9-15-28(27)41-3/h4-17H,18H2,1-3H3,(H,34,37). The van der Waals surface area contributed by atoms with Crippen LogP contribution in [0, 0.1) is 0 Å². The molecule has 0 saturated carbocycles. The van der Waals surface area contributed by atoms with Gasteiger partial charge in [0.05, 0.1) is 55.0 Å². The number of esters is 1. The summed E-state index contributed by atoms with van der Waals surface area (Å²) in [6.45, 7) is -0.508. The first-order valence-electron chi connectivity index (χ1n) is 12.8. The largest absolute Gasteiger partial charge is 0.497 e. The van der Waals surface area contributed by atoms with Crippen LogP contribution in [0.5, 0.6) is 17.2 Å². The molecule has 0 saturated heterocycles. The van der Waals surface area contributed by atoms with Gasteiger partial charge in [0.15, 0.2) is 6.61 Å². The summed E-state index contributed by atoms with van der Waals surface area (Å²) >= 11 is 6.02. The maximum Gasteiger partial charge on any atom is 0.338 e. The van der Waals surface area contributed by atoms with Gasteiger partial charge < -0.3 is 24.3 Å². The molecule has 212 valence electrons. The van der Waals surface area contributed by atoms with Crippen molar-refractivity contribution in [2.24, 2.45) is 0 Å². The molecule has 5 aromatic rings. The highest BCUT2D eigenvalue weighted by Crippen LogP contribution is 2.33. The van der Waals surface area contributed by atoms with Gasteiger partial charge in [-0.15, -0.1) is 0 Å². The predicted octanol–water partition coefficient (Wildman–Crippen LogP) is 6.44. The molecule has 1 aromatic heterocycles. The molecule has 0 aliphatic heterocycles. The number of carbonyl (C=O) groups excluding carboxylic acids is 2. The summed E-state index contributed by atoms with van der Waals surface area (Å²) in [6, 6.07) is 24.7. The SMILES string of the molecule is COc1ccc(-c2nc3ccc(C(=O)OCC(=O)Nc4cc(Cl)ccc4OC)cc3nc2-c2ccc(OC)cc2)cc1. The van der Waals surface area contributed by atoms with Gasteiger partial charge in [0.2, 0.25) is 0 Å². The molecule has 0 fully saturated rings. The summed E-state index contributed by atoms with van der Waals surface area (Å²) in [7, 11) is 4.69. The number of benzene rings is 4. The molecular weight excluding hydrogens is 558 g/mol. The van der Waals surface area contributed by atoms with E-state index < -0.39 is 18.5 Å². The van der Waals surface area contributed by atoms with E-state index in [4.69, 9.17) is 40.5 Å². The highest BCUT2D eigenvalue weighted by atomic mass is 35.5. The number of halogens is 1. The van der Waals surface area contributed by atoms with Crippen molar-refractivity contribution in [3.63, 3.8) is 0 Å². The Morgan fingerprint density at radius 2 is 1.31 bits per heavy atom. The van der Waals surface area contributed by atoms with Gasteiger partial charge in [-0.1, -0.05) is 11.6 Å². The second-order valence-electron chi connectivity index (χ2n) is 9.05. The van der Waals surface area contributed by atoms with Crippen molar-refractivity contribution >= 4 is 40.2 Å². The maximum absolute atomic E-state index is 12.9. The number of amides is 1. The minimum Gasteiger partial charge on any atom is -0.497 e. The minimum absolute atomic E-state index is 0.225. The first-order chi connectivity index (χ1) is 20.4. The minimum atomic E-state index is -0.683. The Kier molecular flexibility index (Phi) is 8.50. The van der Waals surface area contributed by atoms with Crippen LogP contribution in [0.15, 0.2) is 84.9 Å². The molecule has 0 bridgehead atoms. The van der Waals surface area contributed by atoms with E-state index in [-0.39, 0.29) is 5.56 Å². The number of methoxy groups -OCH3 is 3. The van der Waals surface area contributed by atoms with Gasteiger partial charge >= 0.3 is 5.97 Å².